The Kier molecular flexibility index (Phi) is 6.25. The van der Waals surface area contributed by atoms with Crippen molar-refractivity contribution in [1.29, 1.82) is 0 Å². The van der Waals surface area contributed by atoms with E-state index in [1.54, 1.807) is 6.92 Å². The Morgan fingerprint density at radius 1 is 1.48 bits per heavy atom. The first-order valence-electron chi connectivity index (χ1n) is 6.22. The third kappa shape index (κ3) is 5.78. The first-order chi connectivity index (χ1) is 9.74. The van der Waals surface area contributed by atoms with Crippen LogP contribution >= 0.6 is 0 Å². The van der Waals surface area contributed by atoms with Crippen molar-refractivity contribution in [2.75, 3.05) is 12.4 Å². The van der Waals surface area contributed by atoms with Crippen molar-refractivity contribution in [3.8, 4) is 0 Å². The summed E-state index contributed by atoms with van der Waals surface area (Å²) in [6.45, 7) is 4.05. The van der Waals surface area contributed by atoms with E-state index in [-0.39, 0.29) is 11.6 Å². The van der Waals surface area contributed by atoms with Gasteiger partial charge in [-0.15, -0.1) is 0 Å². The predicted octanol–water partition coefficient (Wildman–Crippen LogP) is 2.64. The molecular weight excluding hydrogens is 307 g/mol. The third-order valence-corrected chi connectivity index (χ3v) is 3.55. The number of oxime groups is 1. The van der Waals surface area contributed by atoms with Crippen LogP contribution in [0.15, 0.2) is 16.4 Å². The van der Waals surface area contributed by atoms with Gasteiger partial charge in [-0.3, -0.25) is 9.19 Å². The maximum absolute atomic E-state index is 11.9. The van der Waals surface area contributed by atoms with Crippen molar-refractivity contribution < 1.29 is 22.2 Å². The minimum atomic E-state index is -4.45. The number of nitrogens with zero attached hydrogens (tertiary/aromatic N) is 3. The fourth-order valence-electron chi connectivity index (χ4n) is 1.36. The first-order valence-corrected chi connectivity index (χ1v) is 7.54. The van der Waals surface area contributed by atoms with Crippen LogP contribution in [0.5, 0.6) is 0 Å². The molecule has 1 aromatic rings. The minimum Gasteiger partial charge on any atom is -0.386 e. The van der Waals surface area contributed by atoms with E-state index in [4.69, 9.17) is 0 Å². The number of rotatable bonds is 6. The fourth-order valence-corrected chi connectivity index (χ4v) is 2.36. The average molecular weight is 323 g/mol. The molecule has 1 heterocycles. The van der Waals surface area contributed by atoms with E-state index in [0.717, 1.165) is 6.21 Å². The highest BCUT2D eigenvalue weighted by atomic mass is 32.2. The molecule has 9 heteroatoms. The Bertz CT molecular complexity index is 533. The molecule has 0 aliphatic heterocycles. The zero-order valence-corrected chi connectivity index (χ0v) is 12.7. The van der Waals surface area contributed by atoms with Crippen molar-refractivity contribution in [2.24, 2.45) is 5.16 Å². The van der Waals surface area contributed by atoms with Crippen LogP contribution in [0.3, 0.4) is 0 Å². The number of halogens is 3. The van der Waals surface area contributed by atoms with Gasteiger partial charge in [-0.05, 0) is 5.92 Å². The zero-order chi connectivity index (χ0) is 16.0. The van der Waals surface area contributed by atoms with Crippen LogP contribution in [0.1, 0.15) is 38.1 Å². The molecule has 0 amide bonds. The summed E-state index contributed by atoms with van der Waals surface area (Å²) >= 11 is 0. The lowest BCUT2D eigenvalue weighted by Gasteiger charge is -2.10. The zero-order valence-electron chi connectivity index (χ0n) is 11.8. The first kappa shape index (κ1) is 17.5. The van der Waals surface area contributed by atoms with Gasteiger partial charge >= 0.3 is 6.18 Å². The minimum absolute atomic E-state index is 0.0375. The highest BCUT2D eigenvalue weighted by molar-refractivity contribution is 7.84. The maximum atomic E-state index is 11.9. The van der Waals surface area contributed by atoms with Gasteiger partial charge < -0.3 is 4.84 Å². The molecule has 1 aromatic heterocycles. The van der Waals surface area contributed by atoms with Crippen molar-refractivity contribution in [2.45, 2.75) is 37.9 Å². The normalized spacial score (nSPS) is 13.9. The SMILES string of the molecule is CCS(=O)c1nc(/C=N/OCC(F)(F)F)cnc1C(C)C. The summed E-state index contributed by atoms with van der Waals surface area (Å²) in [5, 5.41) is 3.51. The number of aromatic nitrogens is 2. The number of hydrogen-bond donors (Lipinski definition) is 0. The highest BCUT2D eigenvalue weighted by Crippen LogP contribution is 2.18. The molecule has 0 saturated carbocycles. The molecule has 0 aromatic carbocycles. The van der Waals surface area contributed by atoms with Gasteiger partial charge in [0.05, 0.1) is 28.9 Å². The molecule has 1 atom stereocenters. The molecule has 0 radical (unpaired) electrons. The van der Waals surface area contributed by atoms with Gasteiger partial charge in [0.15, 0.2) is 0 Å². The van der Waals surface area contributed by atoms with E-state index in [0.29, 0.717) is 16.5 Å². The fraction of sp³-hybridized carbons (Fsp3) is 0.583. The molecule has 0 bridgehead atoms. The van der Waals surface area contributed by atoms with E-state index >= 15 is 0 Å². The Labute approximate surface area is 123 Å². The molecule has 0 saturated heterocycles. The Balaban J connectivity index is 2.90. The second-order valence-corrected chi connectivity index (χ2v) is 6.05. The van der Waals surface area contributed by atoms with Gasteiger partial charge in [-0.1, -0.05) is 25.9 Å². The summed E-state index contributed by atoms with van der Waals surface area (Å²) in [5.74, 6) is 0.412. The lowest BCUT2D eigenvalue weighted by molar-refractivity contribution is -0.173. The monoisotopic (exact) mass is 323 g/mol. The lowest BCUT2D eigenvalue weighted by Crippen LogP contribution is -2.15. The molecule has 5 nitrogen and oxygen atoms in total. The van der Waals surface area contributed by atoms with Crippen LogP contribution in [0.2, 0.25) is 0 Å². The number of hydrogen-bond acceptors (Lipinski definition) is 5. The van der Waals surface area contributed by atoms with Crippen molar-refractivity contribution >= 4 is 17.0 Å². The van der Waals surface area contributed by atoms with E-state index in [1.165, 1.54) is 6.20 Å². The average Bonchev–Trinajstić information content (AvgIpc) is 2.41. The van der Waals surface area contributed by atoms with Crippen LogP contribution in [0, 0.1) is 0 Å². The predicted molar refractivity (Wildman–Crippen MR) is 72.7 cm³/mol. The maximum Gasteiger partial charge on any atom is 0.425 e. The molecule has 1 unspecified atom stereocenters. The summed E-state index contributed by atoms with van der Waals surface area (Å²) < 4.78 is 47.6. The molecule has 0 aliphatic rings. The molecule has 21 heavy (non-hydrogen) atoms. The van der Waals surface area contributed by atoms with Crippen LogP contribution in [-0.2, 0) is 15.6 Å². The molecule has 118 valence electrons. The Hall–Kier alpha value is -1.51. The van der Waals surface area contributed by atoms with Gasteiger partial charge in [0.2, 0.25) is 6.61 Å². The van der Waals surface area contributed by atoms with Crippen LogP contribution < -0.4 is 0 Å². The molecular formula is C12H16F3N3O2S. The lowest BCUT2D eigenvalue weighted by atomic mass is 10.1. The molecule has 1 rings (SSSR count). The largest absolute Gasteiger partial charge is 0.425 e. The summed E-state index contributed by atoms with van der Waals surface area (Å²) in [6, 6.07) is 0. The van der Waals surface area contributed by atoms with Gasteiger partial charge in [-0.2, -0.15) is 13.2 Å². The Morgan fingerprint density at radius 3 is 2.67 bits per heavy atom. The molecule has 0 N–H and O–H groups in total. The van der Waals surface area contributed by atoms with Crippen LogP contribution in [0.4, 0.5) is 13.2 Å². The van der Waals surface area contributed by atoms with Crippen LogP contribution in [0.25, 0.3) is 0 Å². The second kappa shape index (κ2) is 7.48. The van der Waals surface area contributed by atoms with Crippen molar-refractivity contribution in [3.63, 3.8) is 0 Å². The van der Waals surface area contributed by atoms with E-state index in [2.05, 4.69) is 20.0 Å². The highest BCUT2D eigenvalue weighted by Gasteiger charge is 2.28. The standard InChI is InChI=1S/C12H16F3N3O2S/c1-4-21(19)11-10(8(2)3)16-5-9(18-11)6-17-20-7-12(13,14)15/h5-6,8H,4,7H2,1-3H3/b17-6+. The summed E-state index contributed by atoms with van der Waals surface area (Å²) in [5.41, 5.74) is 0.793. The third-order valence-electron chi connectivity index (χ3n) is 2.30. The summed E-state index contributed by atoms with van der Waals surface area (Å²) in [7, 11) is -1.31. The van der Waals surface area contributed by atoms with Crippen LogP contribution in [-0.4, -0.2) is 38.9 Å². The summed E-state index contributed by atoms with van der Waals surface area (Å²) in [4.78, 5) is 12.4. The Morgan fingerprint density at radius 2 is 2.14 bits per heavy atom. The smallest absolute Gasteiger partial charge is 0.386 e. The van der Waals surface area contributed by atoms with Gasteiger partial charge in [0.1, 0.15) is 10.7 Å². The van der Waals surface area contributed by atoms with E-state index in [1.807, 2.05) is 13.8 Å². The molecule has 0 fully saturated rings. The van der Waals surface area contributed by atoms with E-state index in [9.17, 15) is 17.4 Å². The van der Waals surface area contributed by atoms with Crippen molar-refractivity contribution in [1.82, 2.24) is 9.97 Å². The van der Waals surface area contributed by atoms with Gasteiger partial charge in [0, 0.05) is 5.75 Å². The second-order valence-electron chi connectivity index (χ2n) is 4.40. The summed E-state index contributed by atoms with van der Waals surface area (Å²) in [6.07, 6.45) is -2.08. The van der Waals surface area contributed by atoms with E-state index < -0.39 is 23.6 Å². The topological polar surface area (TPSA) is 64.4 Å². The number of alkyl halides is 3. The molecule has 0 aliphatic carbocycles. The van der Waals surface area contributed by atoms with Gasteiger partial charge in [0.25, 0.3) is 0 Å². The van der Waals surface area contributed by atoms with Crippen molar-refractivity contribution in [3.05, 3.63) is 17.6 Å². The molecule has 0 spiro atoms. The quantitative estimate of drug-likeness (QED) is 0.596. The van der Waals surface area contributed by atoms with Gasteiger partial charge in [-0.25, -0.2) is 4.98 Å².